The van der Waals surface area contributed by atoms with Crippen LogP contribution in [0.5, 0.6) is 23.0 Å². The summed E-state index contributed by atoms with van der Waals surface area (Å²) in [6.07, 6.45) is 0.686. The van der Waals surface area contributed by atoms with Crippen molar-refractivity contribution in [3.8, 4) is 23.0 Å². The van der Waals surface area contributed by atoms with Crippen molar-refractivity contribution in [1.29, 1.82) is 0 Å². The molecule has 1 amide bonds. The molecule has 1 heterocycles. The maximum atomic E-state index is 13.6. The van der Waals surface area contributed by atoms with Crippen LogP contribution in [0.25, 0.3) is 0 Å². The standard InChI is InChI=1S/C32H30ClNO5/c1-36-30-18-23-15-16-34(32(35)24-9-6-10-25(33)17-24)29(28(23)19-31(30)37-2)21-39-27-13-11-26(12-14-27)38-20-22-7-4-3-5-8-22/h3-14,17-19,29H,15-16,20-21H2,1-2H3. The van der Waals surface area contributed by atoms with Gasteiger partial charge in [-0.2, -0.15) is 0 Å². The quantitative estimate of drug-likeness (QED) is 0.233. The van der Waals surface area contributed by atoms with Crippen LogP contribution in [0.3, 0.4) is 0 Å². The summed E-state index contributed by atoms with van der Waals surface area (Å²) in [4.78, 5) is 15.5. The van der Waals surface area contributed by atoms with Crippen LogP contribution in [-0.4, -0.2) is 38.2 Å². The van der Waals surface area contributed by atoms with E-state index < -0.39 is 0 Å². The summed E-state index contributed by atoms with van der Waals surface area (Å²) in [6.45, 7) is 1.29. The summed E-state index contributed by atoms with van der Waals surface area (Å²) in [5, 5.41) is 0.520. The van der Waals surface area contributed by atoms with Crippen molar-refractivity contribution in [2.75, 3.05) is 27.4 Å². The fraction of sp³-hybridized carbons (Fsp3) is 0.219. The lowest BCUT2D eigenvalue weighted by atomic mass is 9.91. The van der Waals surface area contributed by atoms with E-state index in [-0.39, 0.29) is 18.6 Å². The number of rotatable bonds is 9. The van der Waals surface area contributed by atoms with Crippen LogP contribution in [0, 0.1) is 0 Å². The number of ether oxygens (including phenoxy) is 4. The second-order valence-corrected chi connectivity index (χ2v) is 9.67. The fourth-order valence-electron chi connectivity index (χ4n) is 4.79. The molecule has 7 heteroatoms. The Morgan fingerprint density at radius 2 is 1.54 bits per heavy atom. The average molecular weight is 544 g/mol. The van der Waals surface area contributed by atoms with Gasteiger partial charge in [-0.3, -0.25) is 4.79 Å². The average Bonchev–Trinajstić information content (AvgIpc) is 2.98. The highest BCUT2D eigenvalue weighted by Gasteiger charge is 2.33. The molecule has 4 aromatic rings. The Balaban J connectivity index is 1.36. The Hall–Kier alpha value is -4.16. The number of carbonyl (C=O) groups excluding carboxylic acids is 1. The molecule has 5 rings (SSSR count). The van der Waals surface area contributed by atoms with Gasteiger partial charge in [-0.1, -0.05) is 48.0 Å². The molecule has 1 aliphatic heterocycles. The van der Waals surface area contributed by atoms with Crippen LogP contribution in [0.2, 0.25) is 5.02 Å². The molecular weight excluding hydrogens is 514 g/mol. The zero-order valence-corrected chi connectivity index (χ0v) is 22.7. The maximum absolute atomic E-state index is 13.6. The van der Waals surface area contributed by atoms with E-state index in [1.54, 1.807) is 38.5 Å². The van der Waals surface area contributed by atoms with Gasteiger partial charge in [0.15, 0.2) is 11.5 Å². The van der Waals surface area contributed by atoms with Gasteiger partial charge < -0.3 is 23.8 Å². The van der Waals surface area contributed by atoms with E-state index in [1.165, 1.54) is 0 Å². The van der Waals surface area contributed by atoms with E-state index in [9.17, 15) is 4.79 Å². The lowest BCUT2D eigenvalue weighted by Gasteiger charge is -2.37. The second kappa shape index (κ2) is 12.1. The molecule has 4 aromatic carbocycles. The highest BCUT2D eigenvalue weighted by atomic mass is 35.5. The molecule has 1 unspecified atom stereocenters. The van der Waals surface area contributed by atoms with E-state index in [0.29, 0.717) is 47.4 Å². The molecule has 0 bridgehead atoms. The molecule has 0 saturated carbocycles. The number of methoxy groups -OCH3 is 2. The summed E-state index contributed by atoms with van der Waals surface area (Å²) in [7, 11) is 3.23. The lowest BCUT2D eigenvalue weighted by molar-refractivity contribution is 0.0589. The van der Waals surface area contributed by atoms with Gasteiger partial charge in [0, 0.05) is 17.1 Å². The molecule has 0 aromatic heterocycles. The predicted molar refractivity (Wildman–Crippen MR) is 151 cm³/mol. The normalized spacial score (nSPS) is 14.3. The van der Waals surface area contributed by atoms with Crippen LogP contribution in [0.1, 0.15) is 33.1 Å². The van der Waals surface area contributed by atoms with Crippen molar-refractivity contribution in [1.82, 2.24) is 4.90 Å². The summed E-state index contributed by atoms with van der Waals surface area (Å²) in [5.41, 5.74) is 3.71. The Labute approximate surface area is 233 Å². The number of halogens is 1. The van der Waals surface area contributed by atoms with E-state index in [4.69, 9.17) is 30.5 Å². The molecule has 200 valence electrons. The summed E-state index contributed by atoms with van der Waals surface area (Å²) >= 11 is 6.19. The molecule has 6 nitrogen and oxygen atoms in total. The van der Waals surface area contributed by atoms with Crippen molar-refractivity contribution >= 4 is 17.5 Å². The number of fused-ring (bicyclic) bond motifs is 1. The molecule has 0 spiro atoms. The van der Waals surface area contributed by atoms with Gasteiger partial charge in [0.25, 0.3) is 5.91 Å². The molecule has 39 heavy (non-hydrogen) atoms. The summed E-state index contributed by atoms with van der Waals surface area (Å²) < 4.78 is 23.2. The maximum Gasteiger partial charge on any atom is 0.254 e. The van der Waals surface area contributed by atoms with Crippen molar-refractivity contribution < 1.29 is 23.7 Å². The first kappa shape index (κ1) is 26.4. The van der Waals surface area contributed by atoms with E-state index in [2.05, 4.69) is 0 Å². The number of carbonyl (C=O) groups is 1. The van der Waals surface area contributed by atoms with E-state index in [0.717, 1.165) is 22.4 Å². The van der Waals surface area contributed by atoms with Gasteiger partial charge in [-0.25, -0.2) is 0 Å². The highest BCUT2D eigenvalue weighted by molar-refractivity contribution is 6.30. The monoisotopic (exact) mass is 543 g/mol. The van der Waals surface area contributed by atoms with Gasteiger partial charge >= 0.3 is 0 Å². The van der Waals surface area contributed by atoms with E-state index in [1.807, 2.05) is 71.6 Å². The fourth-order valence-corrected chi connectivity index (χ4v) is 4.98. The van der Waals surface area contributed by atoms with Crippen LogP contribution >= 0.6 is 11.6 Å². The number of amides is 1. The first-order chi connectivity index (χ1) is 19.1. The Morgan fingerprint density at radius 1 is 0.846 bits per heavy atom. The first-order valence-electron chi connectivity index (χ1n) is 12.8. The van der Waals surface area contributed by atoms with E-state index >= 15 is 0 Å². The molecule has 0 saturated heterocycles. The minimum atomic E-state index is -0.339. The van der Waals surface area contributed by atoms with Crippen molar-refractivity contribution in [3.63, 3.8) is 0 Å². The molecule has 0 N–H and O–H groups in total. The largest absolute Gasteiger partial charge is 0.493 e. The van der Waals surface area contributed by atoms with Gasteiger partial charge in [-0.15, -0.1) is 0 Å². The first-order valence-corrected chi connectivity index (χ1v) is 13.1. The Bertz CT molecular complexity index is 1420. The minimum absolute atomic E-state index is 0.101. The van der Waals surface area contributed by atoms with Crippen LogP contribution < -0.4 is 18.9 Å². The van der Waals surface area contributed by atoms with Gasteiger partial charge in [-0.05, 0) is 77.7 Å². The number of hydrogen-bond acceptors (Lipinski definition) is 5. The van der Waals surface area contributed by atoms with Crippen LogP contribution in [-0.2, 0) is 13.0 Å². The summed E-state index contributed by atoms with van der Waals surface area (Å²) in [6, 6.07) is 28.2. The molecule has 1 atom stereocenters. The van der Waals surface area contributed by atoms with Gasteiger partial charge in [0.2, 0.25) is 0 Å². The molecule has 0 aliphatic carbocycles. The molecule has 0 radical (unpaired) electrons. The van der Waals surface area contributed by atoms with Crippen molar-refractivity contribution in [2.45, 2.75) is 19.1 Å². The second-order valence-electron chi connectivity index (χ2n) is 9.24. The lowest BCUT2D eigenvalue weighted by Crippen LogP contribution is -2.42. The SMILES string of the molecule is COc1cc2c(cc1OC)C(COc1ccc(OCc3ccccc3)cc1)N(C(=O)c1cccc(Cl)c1)CC2. The van der Waals surface area contributed by atoms with Crippen molar-refractivity contribution in [2.24, 2.45) is 0 Å². The zero-order chi connectivity index (χ0) is 27.2. The summed E-state index contributed by atoms with van der Waals surface area (Å²) in [5.74, 6) is 2.61. The zero-order valence-electron chi connectivity index (χ0n) is 21.9. The van der Waals surface area contributed by atoms with Gasteiger partial charge in [0.05, 0.1) is 20.3 Å². The highest BCUT2D eigenvalue weighted by Crippen LogP contribution is 2.39. The van der Waals surface area contributed by atoms with Gasteiger partial charge in [0.1, 0.15) is 24.7 Å². The minimum Gasteiger partial charge on any atom is -0.493 e. The third kappa shape index (κ3) is 6.13. The Morgan fingerprint density at radius 3 is 2.23 bits per heavy atom. The predicted octanol–water partition coefficient (Wildman–Crippen LogP) is 6.75. The Kier molecular flexibility index (Phi) is 8.23. The third-order valence-corrected chi connectivity index (χ3v) is 7.05. The third-order valence-electron chi connectivity index (χ3n) is 6.82. The smallest absolute Gasteiger partial charge is 0.254 e. The number of hydrogen-bond donors (Lipinski definition) is 0. The number of nitrogens with zero attached hydrogens (tertiary/aromatic N) is 1. The topological polar surface area (TPSA) is 57.2 Å². The van der Waals surface area contributed by atoms with Crippen molar-refractivity contribution in [3.05, 3.63) is 118 Å². The molecular formula is C32H30ClNO5. The van der Waals surface area contributed by atoms with Crippen LogP contribution in [0.4, 0.5) is 0 Å². The molecule has 1 aliphatic rings. The number of benzene rings is 4. The van der Waals surface area contributed by atoms with Crippen LogP contribution in [0.15, 0.2) is 91.0 Å². The molecule has 0 fully saturated rings.